The molecule has 0 fully saturated rings. The predicted octanol–water partition coefficient (Wildman–Crippen LogP) is 5.52. The second kappa shape index (κ2) is 13.5. The molecule has 5 aromatic rings. The maximum absolute atomic E-state index is 13.2. The van der Waals surface area contributed by atoms with Gasteiger partial charge < -0.3 is 20.3 Å². The molecule has 0 aliphatic heterocycles. The van der Waals surface area contributed by atoms with Crippen molar-refractivity contribution in [3.8, 4) is 11.5 Å². The smallest absolute Gasteiger partial charge is 0.335 e. The number of pyridine rings is 1. The van der Waals surface area contributed by atoms with Gasteiger partial charge in [-0.15, -0.1) is 12.4 Å². The topological polar surface area (TPSA) is 191 Å². The lowest BCUT2D eigenvalue weighted by Crippen LogP contribution is -2.12. The van der Waals surface area contributed by atoms with E-state index >= 15 is 0 Å². The van der Waals surface area contributed by atoms with E-state index in [2.05, 4.69) is 10.3 Å². The number of carbonyl (C=O) groups is 2. The molecule has 0 saturated carbocycles. The van der Waals surface area contributed by atoms with Crippen molar-refractivity contribution in [1.82, 2.24) is 8.96 Å². The first-order valence-corrected chi connectivity index (χ1v) is 13.4. The molecule has 0 spiro atoms. The number of benzene rings is 3. The van der Waals surface area contributed by atoms with Crippen molar-refractivity contribution < 1.29 is 37.9 Å². The number of nitrogens with one attached hydrogen (secondary N) is 1. The number of nitrogens with zero attached hydrogens (tertiary/aromatic N) is 3. The van der Waals surface area contributed by atoms with Gasteiger partial charge in [0.1, 0.15) is 10.6 Å². The van der Waals surface area contributed by atoms with Gasteiger partial charge in [0.15, 0.2) is 0 Å². The van der Waals surface area contributed by atoms with Crippen LogP contribution in [0.1, 0.15) is 20.7 Å². The molecule has 222 valence electrons. The third kappa shape index (κ3) is 7.06. The zero-order chi connectivity index (χ0) is 30.4. The van der Waals surface area contributed by atoms with E-state index in [1.54, 1.807) is 37.4 Å². The first kappa shape index (κ1) is 32.0. The molecule has 43 heavy (non-hydrogen) atoms. The summed E-state index contributed by atoms with van der Waals surface area (Å²) < 4.78 is 33.2. The van der Waals surface area contributed by atoms with Crippen molar-refractivity contribution in [2.75, 3.05) is 12.4 Å². The zero-order valence-electron chi connectivity index (χ0n) is 22.1. The predicted molar refractivity (Wildman–Crippen MR) is 159 cm³/mol. The molecule has 0 amide bonds. The molecule has 0 atom stereocenters. The van der Waals surface area contributed by atoms with Crippen molar-refractivity contribution in [3.05, 3.63) is 119 Å². The highest BCUT2D eigenvalue weighted by Gasteiger charge is 2.22. The first-order valence-electron chi connectivity index (χ1n) is 12.0. The minimum absolute atomic E-state index is 0. The normalized spacial score (nSPS) is 10.5. The van der Waals surface area contributed by atoms with Gasteiger partial charge in [0, 0.05) is 43.2 Å². The number of aromatic nitrogens is 2. The van der Waals surface area contributed by atoms with E-state index in [1.807, 2.05) is 0 Å². The molecule has 0 aliphatic carbocycles. The van der Waals surface area contributed by atoms with Gasteiger partial charge in [-0.05, 0) is 48.5 Å². The number of aromatic carboxylic acids is 2. The van der Waals surface area contributed by atoms with Gasteiger partial charge in [0.05, 0.1) is 27.3 Å². The molecule has 0 aliphatic rings. The highest BCUT2D eigenvalue weighted by molar-refractivity contribution is 7.90. The van der Waals surface area contributed by atoms with E-state index in [0.717, 1.165) is 10.0 Å². The van der Waals surface area contributed by atoms with Crippen LogP contribution in [0.4, 0.5) is 11.4 Å². The number of hydrogen-bond donors (Lipinski definition) is 3. The van der Waals surface area contributed by atoms with Crippen molar-refractivity contribution in [2.24, 2.45) is 0 Å². The third-order valence-electron chi connectivity index (χ3n) is 5.85. The lowest BCUT2D eigenvalue weighted by Gasteiger charge is -2.09. The second-order valence-electron chi connectivity index (χ2n) is 8.48. The van der Waals surface area contributed by atoms with Crippen molar-refractivity contribution >= 4 is 56.6 Å². The van der Waals surface area contributed by atoms with Crippen molar-refractivity contribution in [3.63, 3.8) is 0 Å². The number of hydrogen-bond acceptors (Lipinski definition) is 9. The summed E-state index contributed by atoms with van der Waals surface area (Å²) in [5.41, 5.74) is 0.741. The maximum Gasteiger partial charge on any atom is 0.335 e. The fraction of sp³-hybridized carbons (Fsp3) is 0.0357. The standard InChI is InChI=1S/C20H16N4O5S.C8H6O4.ClH/c1-21-17-13-23(30(27,28)15-5-4-10-22-12-15)19-11-14(8-9-16(17)19)29-20-7-3-2-6-18(20)24(25)26;9-7(10)5-2-1-3-6(4-5)8(11)12;/h2-13,21H,1H3;1-4H,(H,9,10)(H,11,12);1H. The van der Waals surface area contributed by atoms with Gasteiger partial charge in [-0.25, -0.2) is 22.0 Å². The van der Waals surface area contributed by atoms with Crippen molar-refractivity contribution in [2.45, 2.75) is 4.90 Å². The Morgan fingerprint density at radius 2 is 1.63 bits per heavy atom. The Labute approximate surface area is 250 Å². The number of carboxylic acids is 2. The molecule has 0 unspecified atom stereocenters. The van der Waals surface area contributed by atoms with E-state index in [0.29, 0.717) is 16.6 Å². The van der Waals surface area contributed by atoms with Crippen LogP contribution in [0.2, 0.25) is 0 Å². The quantitative estimate of drug-likeness (QED) is 0.145. The van der Waals surface area contributed by atoms with Gasteiger partial charge in [-0.2, -0.15) is 0 Å². The Balaban J connectivity index is 0.000000329. The third-order valence-corrected chi connectivity index (χ3v) is 7.51. The Morgan fingerprint density at radius 3 is 2.21 bits per heavy atom. The molecule has 5 rings (SSSR count). The largest absolute Gasteiger partial charge is 0.478 e. The van der Waals surface area contributed by atoms with Crippen molar-refractivity contribution in [1.29, 1.82) is 0 Å². The summed E-state index contributed by atoms with van der Waals surface area (Å²) in [6.45, 7) is 0. The lowest BCUT2D eigenvalue weighted by molar-refractivity contribution is -0.385. The lowest BCUT2D eigenvalue weighted by atomic mass is 10.1. The molecular weight excluding hydrogens is 604 g/mol. The van der Waals surface area contributed by atoms with Crippen LogP contribution in [0.5, 0.6) is 11.5 Å². The van der Waals surface area contributed by atoms with E-state index in [9.17, 15) is 28.1 Å². The SMILES string of the molecule is CNc1cn(S(=O)(=O)c2cccnc2)c2cc(Oc3ccccc3[N+](=O)[O-])ccc12.Cl.O=C(O)c1cccc(C(=O)O)c1. The van der Waals surface area contributed by atoms with Gasteiger partial charge in [-0.1, -0.05) is 18.2 Å². The minimum Gasteiger partial charge on any atom is -0.478 e. The van der Waals surface area contributed by atoms with Crippen LogP contribution in [0.3, 0.4) is 0 Å². The fourth-order valence-corrected chi connectivity index (χ4v) is 5.19. The van der Waals surface area contributed by atoms with Crippen LogP contribution in [-0.2, 0) is 10.0 Å². The molecule has 0 radical (unpaired) electrons. The Morgan fingerprint density at radius 1 is 0.953 bits per heavy atom. The Bertz CT molecular complexity index is 1880. The number of nitro groups is 1. The number of anilines is 1. The summed E-state index contributed by atoms with van der Waals surface area (Å²) in [7, 11) is -2.23. The minimum atomic E-state index is -3.92. The number of rotatable bonds is 8. The van der Waals surface area contributed by atoms with Crippen LogP contribution >= 0.6 is 12.4 Å². The molecule has 2 aromatic heterocycles. The van der Waals surface area contributed by atoms with E-state index in [4.69, 9.17) is 14.9 Å². The van der Waals surface area contributed by atoms with Crippen LogP contribution in [0.25, 0.3) is 10.9 Å². The Hall–Kier alpha value is -5.47. The molecule has 3 aromatic carbocycles. The zero-order valence-corrected chi connectivity index (χ0v) is 23.8. The highest BCUT2D eigenvalue weighted by Crippen LogP contribution is 2.35. The Kier molecular flexibility index (Phi) is 10.0. The number of para-hydroxylation sites is 2. The molecule has 0 bridgehead atoms. The van der Waals surface area contributed by atoms with Crippen LogP contribution in [0, 0.1) is 10.1 Å². The van der Waals surface area contributed by atoms with Crippen LogP contribution < -0.4 is 10.1 Å². The average Bonchev–Trinajstić information content (AvgIpc) is 3.37. The number of fused-ring (bicyclic) bond motifs is 1. The second-order valence-corrected chi connectivity index (χ2v) is 10.3. The number of ether oxygens (including phenoxy) is 1. The molecule has 0 saturated heterocycles. The number of carboxylic acid groups (broad SMARTS) is 2. The monoisotopic (exact) mass is 626 g/mol. The fourth-order valence-electron chi connectivity index (χ4n) is 3.86. The summed E-state index contributed by atoms with van der Waals surface area (Å²) in [5.74, 6) is -1.93. The molecule has 13 nitrogen and oxygen atoms in total. The first-order chi connectivity index (χ1) is 20.0. The van der Waals surface area contributed by atoms with E-state index < -0.39 is 26.9 Å². The summed E-state index contributed by atoms with van der Waals surface area (Å²) in [5, 5.41) is 31.9. The van der Waals surface area contributed by atoms with E-state index in [-0.39, 0.29) is 45.6 Å². The van der Waals surface area contributed by atoms with Gasteiger partial charge in [0.25, 0.3) is 10.0 Å². The highest BCUT2D eigenvalue weighted by atomic mass is 35.5. The summed E-state index contributed by atoms with van der Waals surface area (Å²) in [6, 6.07) is 19.0. The van der Waals surface area contributed by atoms with Crippen LogP contribution in [-0.4, -0.2) is 51.5 Å². The molecule has 2 heterocycles. The summed E-state index contributed by atoms with van der Waals surface area (Å²) >= 11 is 0. The molecular formula is C28H23ClN4O9S. The maximum atomic E-state index is 13.2. The average molecular weight is 627 g/mol. The van der Waals surface area contributed by atoms with Gasteiger partial charge >= 0.3 is 17.6 Å². The van der Waals surface area contributed by atoms with Crippen LogP contribution in [0.15, 0.2) is 102 Å². The number of halogens is 1. The molecule has 3 N–H and O–H groups in total. The molecule has 15 heteroatoms. The van der Waals surface area contributed by atoms with E-state index in [1.165, 1.54) is 61.1 Å². The number of nitro benzene ring substituents is 1. The summed E-state index contributed by atoms with van der Waals surface area (Å²) in [4.78, 5) is 35.4. The summed E-state index contributed by atoms with van der Waals surface area (Å²) in [6.07, 6.45) is 4.24. The van der Waals surface area contributed by atoms with Gasteiger partial charge in [-0.3, -0.25) is 15.1 Å². The van der Waals surface area contributed by atoms with Gasteiger partial charge in [0.2, 0.25) is 5.75 Å².